The molecule has 0 amide bonds. The summed E-state index contributed by atoms with van der Waals surface area (Å²) in [4.78, 5) is 36.9. The van der Waals surface area contributed by atoms with Gasteiger partial charge in [0, 0.05) is 46.4 Å². The van der Waals surface area contributed by atoms with E-state index in [9.17, 15) is 48.6 Å². The lowest BCUT2D eigenvalue weighted by Gasteiger charge is -2.09. The Hall–Kier alpha value is -7.30. The van der Waals surface area contributed by atoms with Gasteiger partial charge in [-0.3, -0.25) is 0 Å². The average Bonchev–Trinajstić information content (AvgIpc) is 3.78. The number of esters is 3. The topological polar surface area (TPSA) is 174 Å². The maximum absolute atomic E-state index is 13.6. The third-order valence-corrected chi connectivity index (χ3v) is 9.93. The molecule has 0 aliphatic carbocycles. The lowest BCUT2D eigenvalue weighted by molar-refractivity contribution is -0.132. The lowest BCUT2D eigenvalue weighted by Crippen LogP contribution is -2.15. The molecule has 0 unspecified atom stereocenters. The first-order valence-corrected chi connectivity index (χ1v) is 16.7. The minimum atomic E-state index is -1.47. The number of benzene rings is 3. The van der Waals surface area contributed by atoms with Gasteiger partial charge in [0.15, 0.2) is 0 Å². The van der Waals surface area contributed by atoms with Gasteiger partial charge in [0.25, 0.3) is 0 Å². The molecule has 0 N–H and O–H groups in total. The van der Waals surface area contributed by atoms with E-state index >= 15 is 0 Å². The molecule has 0 radical (unpaired) electrons. The number of rotatable bonds is 9. The van der Waals surface area contributed by atoms with Crippen molar-refractivity contribution in [2.24, 2.45) is 0 Å². The Morgan fingerprint density at radius 2 is 0.963 bits per heavy atom. The zero-order valence-electron chi connectivity index (χ0n) is 27.6. The fourth-order valence-corrected chi connectivity index (χ4v) is 7.70. The monoisotopic (exact) mass is 760 g/mol. The summed E-state index contributed by atoms with van der Waals surface area (Å²) < 4.78 is 56.4. The number of hydrogen-bond acceptors (Lipinski definition) is 12. The van der Waals surface area contributed by atoms with Crippen molar-refractivity contribution in [3.05, 3.63) is 102 Å². The van der Waals surface area contributed by atoms with Crippen LogP contribution in [0.25, 0.3) is 52.2 Å². The van der Waals surface area contributed by atoms with Gasteiger partial charge < -0.3 is 14.2 Å². The van der Waals surface area contributed by atoms with Gasteiger partial charge in [-0.15, -0.1) is 22.7 Å². The van der Waals surface area contributed by atoms with E-state index in [1.54, 1.807) is 18.2 Å². The van der Waals surface area contributed by atoms with Crippen molar-refractivity contribution in [1.82, 2.24) is 0 Å². The predicted molar refractivity (Wildman–Crippen MR) is 194 cm³/mol. The Morgan fingerprint density at radius 3 is 1.33 bits per heavy atom. The molecule has 0 aliphatic rings. The summed E-state index contributed by atoms with van der Waals surface area (Å²) in [5, 5.41) is 41.3. The first kappa shape index (κ1) is 37.9. The van der Waals surface area contributed by atoms with E-state index in [1.165, 1.54) is 24.3 Å². The summed E-state index contributed by atoms with van der Waals surface area (Å²) in [7, 11) is 0. The van der Waals surface area contributed by atoms with Crippen LogP contribution in [-0.4, -0.2) is 17.9 Å². The lowest BCUT2D eigenvalue weighted by atomic mass is 10.0. The Morgan fingerprint density at radius 1 is 0.593 bits per heavy atom. The van der Waals surface area contributed by atoms with Crippen molar-refractivity contribution in [2.75, 3.05) is 0 Å². The average molecular weight is 761 g/mol. The molecule has 0 aliphatic heterocycles. The van der Waals surface area contributed by atoms with E-state index in [0.29, 0.717) is 37.4 Å². The molecule has 0 bridgehead atoms. The zero-order chi connectivity index (χ0) is 39.4. The SMILES string of the molecule is C=C(F)C(=O)Oc1cc(CC)cc(-c2cc3c(=C(C#N)C#N)c4cc(-c5cc(OC(=O)C(=C)F)cc(OC(=O)C(=C)F)c5)sc4c(=C(C#N)C#N)c3s2)c1. The van der Waals surface area contributed by atoms with Crippen molar-refractivity contribution >= 4 is 71.9 Å². The van der Waals surface area contributed by atoms with Gasteiger partial charge in [-0.2, -0.15) is 34.2 Å². The van der Waals surface area contributed by atoms with E-state index in [0.717, 1.165) is 28.7 Å². The fourth-order valence-electron chi connectivity index (χ4n) is 5.21. The van der Waals surface area contributed by atoms with Gasteiger partial charge in [-0.05, 0) is 59.5 Å². The highest BCUT2D eigenvalue weighted by Gasteiger charge is 2.22. The van der Waals surface area contributed by atoms with Crippen LogP contribution in [0.4, 0.5) is 13.2 Å². The predicted octanol–water partition coefficient (Wildman–Crippen LogP) is 7.57. The number of carbonyl (C=O) groups excluding carboxylic acids is 3. The molecule has 3 aromatic carbocycles. The molecule has 2 heterocycles. The Bertz CT molecular complexity index is 2670. The number of nitrogens with zero attached hydrogens (tertiary/aromatic N) is 4. The van der Waals surface area contributed by atoms with Crippen LogP contribution in [0.15, 0.2) is 85.7 Å². The second-order valence-corrected chi connectivity index (χ2v) is 13.1. The zero-order valence-corrected chi connectivity index (χ0v) is 29.3. The molecule has 5 rings (SSSR count). The maximum Gasteiger partial charge on any atom is 0.371 e. The maximum atomic E-state index is 13.6. The van der Waals surface area contributed by atoms with Crippen LogP contribution in [0, 0.1) is 45.3 Å². The van der Waals surface area contributed by atoms with Gasteiger partial charge in [-0.1, -0.05) is 32.7 Å². The molecule has 0 saturated heterocycles. The van der Waals surface area contributed by atoms with E-state index in [2.05, 4.69) is 19.7 Å². The van der Waals surface area contributed by atoms with Gasteiger partial charge in [0.2, 0.25) is 17.5 Å². The normalized spacial score (nSPS) is 10.3. The van der Waals surface area contributed by atoms with Crippen molar-refractivity contribution in [3.63, 3.8) is 0 Å². The van der Waals surface area contributed by atoms with Crippen LogP contribution >= 0.6 is 22.7 Å². The summed E-state index contributed by atoms with van der Waals surface area (Å²) in [6.07, 6.45) is 0.489. The quantitative estimate of drug-likeness (QED) is 0.0828. The minimum absolute atomic E-state index is 0.0175. The number of nitriles is 4. The van der Waals surface area contributed by atoms with Gasteiger partial charge in [-0.25, -0.2) is 14.4 Å². The fraction of sp³-hybridized carbons (Fsp3) is 0.0513. The van der Waals surface area contributed by atoms with Gasteiger partial charge in [0.05, 0.1) is 0 Å². The van der Waals surface area contributed by atoms with Gasteiger partial charge >= 0.3 is 17.9 Å². The third-order valence-electron chi connectivity index (χ3n) is 7.52. The highest BCUT2D eigenvalue weighted by molar-refractivity contribution is 7.24. The highest BCUT2D eigenvalue weighted by Crippen LogP contribution is 2.40. The molecule has 264 valence electrons. The number of thiophene rings is 2. The summed E-state index contributed by atoms with van der Waals surface area (Å²) in [6.45, 7) is 10.6. The van der Waals surface area contributed by atoms with Crippen LogP contribution in [0.3, 0.4) is 0 Å². The second-order valence-electron chi connectivity index (χ2n) is 10.9. The molecular weight excluding hydrogens is 742 g/mol. The van der Waals surface area contributed by atoms with E-state index in [-0.39, 0.29) is 54.5 Å². The third kappa shape index (κ3) is 7.50. The van der Waals surface area contributed by atoms with Crippen molar-refractivity contribution in [2.45, 2.75) is 13.3 Å². The first-order valence-electron chi connectivity index (χ1n) is 15.1. The van der Waals surface area contributed by atoms with Crippen molar-refractivity contribution < 1.29 is 41.8 Å². The number of hydrogen-bond donors (Lipinski definition) is 0. The van der Waals surface area contributed by atoms with E-state index in [1.807, 2.05) is 31.2 Å². The number of halogens is 3. The Kier molecular flexibility index (Phi) is 10.9. The number of ether oxygens (including phenoxy) is 3. The Labute approximate surface area is 311 Å². The summed E-state index contributed by atoms with van der Waals surface area (Å²) >= 11 is 2.08. The molecule has 10 nitrogen and oxygen atoms in total. The summed E-state index contributed by atoms with van der Waals surface area (Å²) in [6, 6.07) is 19.1. The number of aryl methyl sites for hydroxylation is 1. The van der Waals surface area contributed by atoms with Gasteiger partial charge in [0.1, 0.15) is 52.7 Å². The number of carbonyl (C=O) groups is 3. The molecule has 0 spiro atoms. The highest BCUT2D eigenvalue weighted by atomic mass is 32.1. The molecule has 2 aromatic heterocycles. The van der Waals surface area contributed by atoms with Crippen molar-refractivity contribution in [1.29, 1.82) is 21.0 Å². The van der Waals surface area contributed by atoms with Crippen LogP contribution in [-0.2, 0) is 20.8 Å². The smallest absolute Gasteiger partial charge is 0.371 e. The molecule has 54 heavy (non-hydrogen) atoms. The molecule has 0 atom stereocenters. The standard InChI is InChI=1S/C39H19F3N4O6S2/c1-5-21-6-22(8-26(7-21)50-37(47)18(2)40)31-12-29-33(24(14-43)15-44)30-13-32(54-36(30)34(35(29)53-31)25(16-45)17-46)23-9-27(51-38(48)19(3)41)11-28(10-23)52-39(49)20(4)42/h6-13H,2-5H2,1H3. The summed E-state index contributed by atoms with van der Waals surface area (Å²) in [5.41, 5.74) is 0.692. The minimum Gasteiger partial charge on any atom is -0.421 e. The van der Waals surface area contributed by atoms with Crippen molar-refractivity contribution in [3.8, 4) is 62.4 Å². The van der Waals surface area contributed by atoms with E-state index < -0.39 is 35.4 Å². The summed E-state index contributed by atoms with van der Waals surface area (Å²) in [5.74, 6) is -9.08. The molecule has 15 heteroatoms. The largest absolute Gasteiger partial charge is 0.421 e. The second kappa shape index (κ2) is 15.5. The van der Waals surface area contributed by atoms with Crippen LogP contribution in [0.2, 0.25) is 0 Å². The van der Waals surface area contributed by atoms with Crippen LogP contribution in [0.1, 0.15) is 12.5 Å². The van der Waals surface area contributed by atoms with Crippen LogP contribution < -0.4 is 24.6 Å². The van der Waals surface area contributed by atoms with E-state index in [4.69, 9.17) is 14.2 Å². The van der Waals surface area contributed by atoms with Crippen LogP contribution in [0.5, 0.6) is 17.2 Å². The number of fused-ring (bicyclic) bond motifs is 2. The first-order chi connectivity index (χ1) is 25.7. The molecule has 0 saturated carbocycles. The molecule has 5 aromatic rings. The molecular formula is C39H19F3N4O6S2. The molecule has 0 fully saturated rings. The Balaban J connectivity index is 1.89.